The fraction of sp³-hybridized carbons (Fsp3) is 0.684. The van der Waals surface area contributed by atoms with Crippen molar-refractivity contribution in [2.24, 2.45) is 0 Å². The summed E-state index contributed by atoms with van der Waals surface area (Å²) in [6.07, 6.45) is 5.27. The molecule has 1 aromatic heterocycles. The smallest absolute Gasteiger partial charge is 0.237 e. The zero-order chi connectivity index (χ0) is 18.6. The summed E-state index contributed by atoms with van der Waals surface area (Å²) in [5.74, 6) is -0.0441. The molecule has 0 spiro atoms. The summed E-state index contributed by atoms with van der Waals surface area (Å²) in [7, 11) is 0. The molecule has 3 heterocycles. The number of hydrogen-bond donors (Lipinski definition) is 1. The number of carbonyl (C=O) groups is 2. The van der Waals surface area contributed by atoms with Crippen LogP contribution in [0.4, 0.5) is 0 Å². The molecule has 1 N–H and O–H groups in total. The maximum Gasteiger partial charge on any atom is 0.237 e. The van der Waals surface area contributed by atoms with Crippen LogP contribution in [0.3, 0.4) is 0 Å². The predicted octanol–water partition coefficient (Wildman–Crippen LogP) is 1.39. The highest BCUT2D eigenvalue weighted by molar-refractivity contribution is 5.89. The number of ether oxygens (including phenoxy) is 1. The lowest BCUT2D eigenvalue weighted by Crippen LogP contribution is -2.58. The molecular weight excluding hydrogens is 334 g/mol. The third-order valence-electron chi connectivity index (χ3n) is 5.67. The second kappa shape index (κ2) is 8.22. The molecule has 7 heteroatoms. The summed E-state index contributed by atoms with van der Waals surface area (Å²) < 4.78 is 11.1. The Bertz CT molecular complexity index is 612. The first kappa shape index (κ1) is 18.9. The van der Waals surface area contributed by atoms with Crippen LogP contribution in [0.5, 0.6) is 0 Å². The van der Waals surface area contributed by atoms with Crippen molar-refractivity contribution in [1.29, 1.82) is 0 Å². The minimum atomic E-state index is -0.438. The van der Waals surface area contributed by atoms with E-state index in [1.165, 1.54) is 0 Å². The molecule has 2 saturated heterocycles. The summed E-state index contributed by atoms with van der Waals surface area (Å²) in [6.45, 7) is 7.89. The molecule has 2 fully saturated rings. The van der Waals surface area contributed by atoms with Crippen LogP contribution in [0.2, 0.25) is 0 Å². The molecule has 1 aromatic rings. The van der Waals surface area contributed by atoms with Crippen LogP contribution in [0.1, 0.15) is 38.7 Å². The Hall–Kier alpha value is -1.86. The third kappa shape index (κ3) is 4.10. The SMILES string of the molecule is CCC1(CC)CN(C(=O)CC2C(=O)NCCN2Cc2ccoc2)CCO1. The number of hydrogen-bond acceptors (Lipinski definition) is 5. The lowest BCUT2D eigenvalue weighted by Gasteiger charge is -2.43. The molecule has 7 nitrogen and oxygen atoms in total. The van der Waals surface area contributed by atoms with Crippen LogP contribution in [0.15, 0.2) is 23.0 Å². The zero-order valence-electron chi connectivity index (χ0n) is 15.7. The number of amides is 2. The van der Waals surface area contributed by atoms with E-state index in [0.29, 0.717) is 32.8 Å². The Morgan fingerprint density at radius 2 is 2.15 bits per heavy atom. The Kier molecular flexibility index (Phi) is 5.98. The quantitative estimate of drug-likeness (QED) is 0.827. The Morgan fingerprint density at radius 3 is 2.85 bits per heavy atom. The highest BCUT2D eigenvalue weighted by atomic mass is 16.5. The van der Waals surface area contributed by atoms with E-state index in [1.807, 2.05) is 11.0 Å². The van der Waals surface area contributed by atoms with Crippen molar-refractivity contribution in [2.75, 3.05) is 32.8 Å². The monoisotopic (exact) mass is 363 g/mol. The molecule has 0 aliphatic carbocycles. The predicted molar refractivity (Wildman–Crippen MR) is 96.4 cm³/mol. The van der Waals surface area contributed by atoms with Crippen molar-refractivity contribution >= 4 is 11.8 Å². The zero-order valence-corrected chi connectivity index (χ0v) is 15.7. The van der Waals surface area contributed by atoms with Crippen molar-refractivity contribution in [1.82, 2.24) is 15.1 Å². The van der Waals surface area contributed by atoms with Gasteiger partial charge < -0.3 is 19.4 Å². The summed E-state index contributed by atoms with van der Waals surface area (Å²) in [6, 6.07) is 1.45. The van der Waals surface area contributed by atoms with E-state index in [4.69, 9.17) is 9.15 Å². The van der Waals surface area contributed by atoms with Gasteiger partial charge in [-0.05, 0) is 18.9 Å². The van der Waals surface area contributed by atoms with Gasteiger partial charge in [-0.1, -0.05) is 13.8 Å². The van der Waals surface area contributed by atoms with E-state index in [0.717, 1.165) is 24.9 Å². The molecule has 1 unspecified atom stereocenters. The van der Waals surface area contributed by atoms with Gasteiger partial charge in [-0.2, -0.15) is 0 Å². The molecule has 1 atom stereocenters. The third-order valence-corrected chi connectivity index (χ3v) is 5.67. The maximum atomic E-state index is 12.9. The van der Waals surface area contributed by atoms with Crippen LogP contribution in [0.25, 0.3) is 0 Å². The second-order valence-corrected chi connectivity index (χ2v) is 7.17. The lowest BCUT2D eigenvalue weighted by molar-refractivity contribution is -0.154. The Balaban J connectivity index is 1.66. The number of nitrogens with zero attached hydrogens (tertiary/aromatic N) is 2. The van der Waals surface area contributed by atoms with Gasteiger partial charge in [0.15, 0.2) is 0 Å². The van der Waals surface area contributed by atoms with Gasteiger partial charge in [-0.15, -0.1) is 0 Å². The molecule has 0 radical (unpaired) electrons. The minimum absolute atomic E-state index is 0.0267. The van der Waals surface area contributed by atoms with Gasteiger partial charge in [0.1, 0.15) is 0 Å². The molecule has 0 saturated carbocycles. The van der Waals surface area contributed by atoms with Crippen molar-refractivity contribution in [3.05, 3.63) is 24.2 Å². The number of rotatable bonds is 6. The molecule has 2 aliphatic rings. The van der Waals surface area contributed by atoms with Gasteiger partial charge in [0.2, 0.25) is 11.8 Å². The van der Waals surface area contributed by atoms with Crippen LogP contribution >= 0.6 is 0 Å². The average molecular weight is 363 g/mol. The largest absolute Gasteiger partial charge is 0.472 e. The average Bonchev–Trinajstić information content (AvgIpc) is 3.17. The number of furan rings is 1. The number of carbonyl (C=O) groups excluding carboxylic acids is 2. The van der Waals surface area contributed by atoms with E-state index in [-0.39, 0.29) is 23.8 Å². The van der Waals surface area contributed by atoms with E-state index in [1.54, 1.807) is 12.5 Å². The Morgan fingerprint density at radius 1 is 1.35 bits per heavy atom. The highest BCUT2D eigenvalue weighted by Gasteiger charge is 2.38. The number of nitrogens with one attached hydrogen (secondary N) is 1. The van der Waals surface area contributed by atoms with E-state index >= 15 is 0 Å². The summed E-state index contributed by atoms with van der Waals surface area (Å²) in [5.41, 5.74) is 0.763. The summed E-state index contributed by atoms with van der Waals surface area (Å²) in [4.78, 5) is 29.3. The first-order valence-corrected chi connectivity index (χ1v) is 9.51. The minimum Gasteiger partial charge on any atom is -0.472 e. The van der Waals surface area contributed by atoms with Gasteiger partial charge >= 0.3 is 0 Å². The highest BCUT2D eigenvalue weighted by Crippen LogP contribution is 2.26. The first-order chi connectivity index (χ1) is 12.6. The van der Waals surface area contributed by atoms with Crippen molar-refractivity contribution < 1.29 is 18.7 Å². The van der Waals surface area contributed by atoms with Gasteiger partial charge in [0.25, 0.3) is 0 Å². The molecule has 3 rings (SSSR count). The molecule has 2 aliphatic heterocycles. The standard InChI is InChI=1S/C19H29N3O4/c1-3-19(4-2)14-22(8-10-26-19)17(23)11-16-18(24)20-6-7-21(16)12-15-5-9-25-13-15/h5,9,13,16H,3-4,6-8,10-12,14H2,1-2H3,(H,20,24). The van der Waals surface area contributed by atoms with Crippen LogP contribution in [0, 0.1) is 0 Å². The van der Waals surface area contributed by atoms with Crippen molar-refractivity contribution in [3.8, 4) is 0 Å². The van der Waals surface area contributed by atoms with Crippen LogP contribution in [-0.4, -0.2) is 66.0 Å². The first-order valence-electron chi connectivity index (χ1n) is 9.51. The molecule has 26 heavy (non-hydrogen) atoms. The van der Waals surface area contributed by atoms with E-state index in [2.05, 4.69) is 24.1 Å². The fourth-order valence-corrected chi connectivity index (χ4v) is 3.82. The fourth-order valence-electron chi connectivity index (χ4n) is 3.82. The lowest BCUT2D eigenvalue weighted by atomic mass is 9.94. The number of piperazine rings is 1. The van der Waals surface area contributed by atoms with Crippen molar-refractivity contribution in [2.45, 2.75) is 51.3 Å². The van der Waals surface area contributed by atoms with E-state index < -0.39 is 6.04 Å². The van der Waals surface area contributed by atoms with Crippen molar-refractivity contribution in [3.63, 3.8) is 0 Å². The Labute approximate surface area is 154 Å². The molecular formula is C19H29N3O4. The van der Waals surface area contributed by atoms with Gasteiger partial charge in [0, 0.05) is 38.3 Å². The van der Waals surface area contributed by atoms with Crippen LogP contribution < -0.4 is 5.32 Å². The second-order valence-electron chi connectivity index (χ2n) is 7.17. The van der Waals surface area contributed by atoms with Gasteiger partial charge in [-0.3, -0.25) is 14.5 Å². The van der Waals surface area contributed by atoms with Gasteiger partial charge in [-0.25, -0.2) is 0 Å². The van der Waals surface area contributed by atoms with Gasteiger partial charge in [0.05, 0.1) is 37.2 Å². The normalized spacial score (nSPS) is 23.7. The molecule has 0 bridgehead atoms. The number of morpholine rings is 1. The summed E-state index contributed by atoms with van der Waals surface area (Å²) >= 11 is 0. The molecule has 0 aromatic carbocycles. The maximum absolute atomic E-state index is 12.9. The van der Waals surface area contributed by atoms with E-state index in [9.17, 15) is 9.59 Å². The topological polar surface area (TPSA) is 75.0 Å². The molecule has 144 valence electrons. The summed E-state index contributed by atoms with van der Waals surface area (Å²) in [5, 5.41) is 2.89. The molecule has 2 amide bonds. The van der Waals surface area contributed by atoms with Crippen LogP contribution in [-0.2, 0) is 20.9 Å².